The topological polar surface area (TPSA) is 67.2 Å². The number of rotatable bonds is 9. The van der Waals surface area contributed by atoms with Crippen LogP contribution in [0.3, 0.4) is 0 Å². The number of hydrogen-bond donors (Lipinski definition) is 3. The van der Waals surface area contributed by atoms with Gasteiger partial charge in [0.2, 0.25) is 0 Å². The molecule has 1 aromatic heterocycles. The Kier molecular flexibility index (Phi) is 6.77. The van der Waals surface area contributed by atoms with Crippen LogP contribution in [-0.4, -0.2) is 25.5 Å². The molecule has 3 rings (SSSR count). The van der Waals surface area contributed by atoms with Crippen LogP contribution in [0, 0.1) is 0 Å². The zero-order valence-corrected chi connectivity index (χ0v) is 15.6. The van der Waals surface area contributed by atoms with Crippen molar-refractivity contribution >= 4 is 27.3 Å². The average Bonchev–Trinajstić information content (AvgIpc) is 3.12. The molecule has 1 heterocycles. The number of carbonyl (C=O) groups is 1. The Hall–Kier alpha value is -2.21. The lowest BCUT2D eigenvalue weighted by molar-refractivity contribution is 0.0958. The fraction of sp³-hybridized carbons (Fsp3) is 0.286. The molecule has 0 radical (unpaired) electrons. The van der Waals surface area contributed by atoms with Gasteiger partial charge in [-0.05, 0) is 48.0 Å². The van der Waals surface area contributed by atoms with E-state index in [0.29, 0.717) is 13.1 Å². The number of fused-ring (bicyclic) bond motifs is 1. The lowest BCUT2D eigenvalue weighted by Gasteiger charge is -2.06. The lowest BCUT2D eigenvalue weighted by atomic mass is 10.1. The van der Waals surface area contributed by atoms with Crippen molar-refractivity contribution in [1.29, 1.82) is 0 Å². The second-order valence-electron chi connectivity index (χ2n) is 6.28. The maximum absolute atomic E-state index is 12.2. The van der Waals surface area contributed by atoms with Crippen molar-refractivity contribution in [3.8, 4) is 0 Å². The third-order valence-corrected chi connectivity index (χ3v) is 5.43. The van der Waals surface area contributed by atoms with Crippen LogP contribution in [0.15, 0.2) is 54.6 Å². The Morgan fingerprint density at radius 1 is 0.962 bits per heavy atom. The summed E-state index contributed by atoms with van der Waals surface area (Å²) in [5, 5.41) is 7.48. The summed E-state index contributed by atoms with van der Waals surface area (Å²) < 4.78 is 1.15. The van der Waals surface area contributed by atoms with Crippen LogP contribution >= 0.6 is 11.3 Å². The molecular weight excluding hydrogens is 342 g/mol. The van der Waals surface area contributed by atoms with Gasteiger partial charge in [0.15, 0.2) is 0 Å². The highest BCUT2D eigenvalue weighted by atomic mass is 32.1. The molecule has 0 atom stereocenters. The monoisotopic (exact) mass is 367 g/mol. The minimum Gasteiger partial charge on any atom is -0.350 e. The van der Waals surface area contributed by atoms with Gasteiger partial charge in [0, 0.05) is 24.3 Å². The number of thiophene rings is 1. The molecule has 0 aliphatic carbocycles. The van der Waals surface area contributed by atoms with E-state index in [1.54, 1.807) is 0 Å². The highest BCUT2D eigenvalue weighted by Gasteiger charge is 2.08. The molecule has 2 aromatic carbocycles. The van der Waals surface area contributed by atoms with E-state index in [4.69, 9.17) is 5.73 Å². The SMILES string of the molecule is NCc1ccc(CCCNCCNC(=O)c2cc3ccccc3s2)cc1. The molecule has 1 amide bonds. The molecule has 5 heteroatoms. The van der Waals surface area contributed by atoms with Crippen LogP contribution in [-0.2, 0) is 13.0 Å². The third kappa shape index (κ3) is 5.14. The van der Waals surface area contributed by atoms with Crippen LogP contribution in [0.5, 0.6) is 0 Å². The third-order valence-electron chi connectivity index (χ3n) is 4.31. The molecule has 26 heavy (non-hydrogen) atoms. The first kappa shape index (κ1) is 18.6. The Labute approximate surface area is 158 Å². The van der Waals surface area contributed by atoms with Crippen molar-refractivity contribution in [1.82, 2.24) is 10.6 Å². The highest BCUT2D eigenvalue weighted by Crippen LogP contribution is 2.24. The average molecular weight is 368 g/mol. The molecule has 0 fully saturated rings. The summed E-state index contributed by atoms with van der Waals surface area (Å²) in [6.45, 7) is 2.95. The Morgan fingerprint density at radius 3 is 2.50 bits per heavy atom. The molecule has 0 aliphatic rings. The molecule has 3 aromatic rings. The first-order valence-electron chi connectivity index (χ1n) is 9.01. The first-order chi connectivity index (χ1) is 12.8. The van der Waals surface area contributed by atoms with Crippen molar-refractivity contribution < 1.29 is 4.79 Å². The van der Waals surface area contributed by atoms with Gasteiger partial charge in [-0.15, -0.1) is 11.3 Å². The van der Waals surface area contributed by atoms with Crippen molar-refractivity contribution in [2.45, 2.75) is 19.4 Å². The molecule has 0 saturated carbocycles. The number of hydrogen-bond acceptors (Lipinski definition) is 4. The summed E-state index contributed by atoms with van der Waals surface area (Å²) in [4.78, 5) is 13.0. The second kappa shape index (κ2) is 9.48. The maximum atomic E-state index is 12.2. The van der Waals surface area contributed by atoms with Gasteiger partial charge < -0.3 is 16.4 Å². The number of nitrogens with one attached hydrogen (secondary N) is 2. The van der Waals surface area contributed by atoms with Crippen LogP contribution < -0.4 is 16.4 Å². The second-order valence-corrected chi connectivity index (χ2v) is 7.36. The molecule has 4 nitrogen and oxygen atoms in total. The van der Waals surface area contributed by atoms with Crippen LogP contribution in [0.1, 0.15) is 27.2 Å². The van der Waals surface area contributed by atoms with Crippen LogP contribution in [0.2, 0.25) is 0 Å². The number of amides is 1. The van der Waals surface area contributed by atoms with Crippen molar-refractivity contribution in [2.75, 3.05) is 19.6 Å². The van der Waals surface area contributed by atoms with Gasteiger partial charge in [0.25, 0.3) is 5.91 Å². The molecule has 0 unspecified atom stereocenters. The largest absolute Gasteiger partial charge is 0.350 e. The Morgan fingerprint density at radius 2 is 1.73 bits per heavy atom. The summed E-state index contributed by atoms with van der Waals surface area (Å²) >= 11 is 1.54. The molecule has 0 saturated heterocycles. The van der Waals surface area contributed by atoms with E-state index >= 15 is 0 Å². The molecule has 4 N–H and O–H groups in total. The molecule has 0 aliphatic heterocycles. The first-order valence-corrected chi connectivity index (χ1v) is 9.83. The Bertz CT molecular complexity index is 809. The predicted molar refractivity (Wildman–Crippen MR) is 110 cm³/mol. The highest BCUT2D eigenvalue weighted by molar-refractivity contribution is 7.20. The number of nitrogens with two attached hydrogens (primary N) is 1. The van der Waals surface area contributed by atoms with Crippen molar-refractivity contribution in [2.24, 2.45) is 5.73 Å². The van der Waals surface area contributed by atoms with E-state index in [9.17, 15) is 4.79 Å². The quantitative estimate of drug-likeness (QED) is 0.508. The summed E-state index contributed by atoms with van der Waals surface area (Å²) in [6, 6.07) is 18.5. The van der Waals surface area contributed by atoms with E-state index in [1.165, 1.54) is 22.5 Å². The molecular formula is C21H25N3OS. The van der Waals surface area contributed by atoms with Gasteiger partial charge in [0.05, 0.1) is 4.88 Å². The minimum absolute atomic E-state index is 0.00740. The standard InChI is InChI=1S/C21H25N3OS/c22-15-17-9-7-16(8-10-17)4-3-11-23-12-13-24-21(25)20-14-18-5-1-2-6-19(18)26-20/h1-2,5-10,14,23H,3-4,11-13,15,22H2,(H,24,25). The van der Waals surface area contributed by atoms with Crippen LogP contribution in [0.4, 0.5) is 0 Å². The Balaban J connectivity index is 1.30. The number of benzene rings is 2. The van der Waals surface area contributed by atoms with E-state index in [0.717, 1.165) is 40.9 Å². The fourth-order valence-electron chi connectivity index (χ4n) is 2.83. The maximum Gasteiger partial charge on any atom is 0.261 e. The van der Waals surface area contributed by atoms with E-state index in [2.05, 4.69) is 34.9 Å². The fourth-order valence-corrected chi connectivity index (χ4v) is 3.81. The number of carbonyl (C=O) groups excluding carboxylic acids is 1. The normalized spacial score (nSPS) is 11.0. The van der Waals surface area contributed by atoms with Gasteiger partial charge in [-0.3, -0.25) is 4.79 Å². The van der Waals surface area contributed by atoms with Gasteiger partial charge >= 0.3 is 0 Å². The molecule has 0 bridgehead atoms. The summed E-state index contributed by atoms with van der Waals surface area (Å²) in [6.07, 6.45) is 2.12. The summed E-state index contributed by atoms with van der Waals surface area (Å²) in [5.74, 6) is 0.00740. The van der Waals surface area contributed by atoms with Gasteiger partial charge in [-0.1, -0.05) is 42.5 Å². The van der Waals surface area contributed by atoms with E-state index in [-0.39, 0.29) is 5.91 Å². The summed E-state index contributed by atoms with van der Waals surface area (Å²) in [7, 11) is 0. The van der Waals surface area contributed by atoms with Crippen LogP contribution in [0.25, 0.3) is 10.1 Å². The number of aryl methyl sites for hydroxylation is 1. The van der Waals surface area contributed by atoms with Gasteiger partial charge in [-0.25, -0.2) is 0 Å². The van der Waals surface area contributed by atoms with Crippen molar-refractivity contribution in [3.05, 3.63) is 70.6 Å². The lowest BCUT2D eigenvalue weighted by Crippen LogP contribution is -2.31. The zero-order chi connectivity index (χ0) is 18.2. The molecule has 0 spiro atoms. The molecule has 136 valence electrons. The van der Waals surface area contributed by atoms with E-state index < -0.39 is 0 Å². The van der Waals surface area contributed by atoms with Gasteiger partial charge in [0.1, 0.15) is 0 Å². The minimum atomic E-state index is 0.00740. The van der Waals surface area contributed by atoms with Gasteiger partial charge in [-0.2, -0.15) is 0 Å². The predicted octanol–water partition coefficient (Wildman–Crippen LogP) is 3.31. The summed E-state index contributed by atoms with van der Waals surface area (Å²) in [5.41, 5.74) is 8.11. The van der Waals surface area contributed by atoms with Crippen molar-refractivity contribution in [3.63, 3.8) is 0 Å². The zero-order valence-electron chi connectivity index (χ0n) is 14.8. The smallest absolute Gasteiger partial charge is 0.261 e. The van der Waals surface area contributed by atoms with E-state index in [1.807, 2.05) is 30.3 Å².